The summed E-state index contributed by atoms with van der Waals surface area (Å²) >= 11 is 0. The Bertz CT molecular complexity index is 481. The largest absolute Gasteiger partial charge is 0.496 e. The molecule has 6 nitrogen and oxygen atoms in total. The minimum absolute atomic E-state index is 0.0445. The first-order valence-corrected chi connectivity index (χ1v) is 5.14. The fourth-order valence-corrected chi connectivity index (χ4v) is 1.32. The third-order valence-electron chi connectivity index (χ3n) is 2.24. The molecule has 0 saturated carbocycles. The number of carbonyl (C=O) groups excluding carboxylic acids is 1. The van der Waals surface area contributed by atoms with Crippen molar-refractivity contribution in [3.05, 3.63) is 40.0 Å². The second-order valence-electron chi connectivity index (χ2n) is 3.37. The molecule has 0 spiro atoms. The Hall–Kier alpha value is -2.37. The smallest absolute Gasteiger partial charge is 0.309 e. The van der Waals surface area contributed by atoms with Gasteiger partial charge in [-0.15, -0.1) is 0 Å². The Balaban J connectivity index is 2.89. The zero-order chi connectivity index (χ0) is 13.5. The van der Waals surface area contributed by atoms with Crippen LogP contribution in [0, 0.1) is 10.1 Å². The second-order valence-corrected chi connectivity index (χ2v) is 3.37. The Kier molecular flexibility index (Phi) is 4.86. The average molecular weight is 251 g/mol. The monoisotopic (exact) mass is 251 g/mol. The standard InChI is InChI=1S/C12H13NO5/c1-17-11-8-10(13(15)16)7-6-9(11)4-3-5-12(14)18-2/h3-4,6-8H,5H2,1-2H3. The highest BCUT2D eigenvalue weighted by atomic mass is 16.6. The summed E-state index contributed by atoms with van der Waals surface area (Å²) in [5, 5.41) is 10.6. The fourth-order valence-electron chi connectivity index (χ4n) is 1.32. The Morgan fingerprint density at radius 1 is 1.44 bits per heavy atom. The van der Waals surface area contributed by atoms with Crippen LogP contribution in [0.4, 0.5) is 5.69 Å². The Morgan fingerprint density at radius 3 is 2.72 bits per heavy atom. The first kappa shape index (κ1) is 13.7. The van der Waals surface area contributed by atoms with Crippen molar-refractivity contribution < 1.29 is 19.2 Å². The molecule has 0 aliphatic heterocycles. The van der Waals surface area contributed by atoms with Gasteiger partial charge in [-0.25, -0.2) is 0 Å². The molecule has 96 valence electrons. The van der Waals surface area contributed by atoms with E-state index in [-0.39, 0.29) is 18.1 Å². The lowest BCUT2D eigenvalue weighted by Crippen LogP contribution is -1.96. The maximum atomic E-state index is 10.9. The van der Waals surface area contributed by atoms with Gasteiger partial charge in [-0.1, -0.05) is 12.2 Å². The van der Waals surface area contributed by atoms with Gasteiger partial charge in [0.2, 0.25) is 0 Å². The van der Waals surface area contributed by atoms with Crippen molar-refractivity contribution in [3.63, 3.8) is 0 Å². The lowest BCUT2D eigenvalue weighted by molar-refractivity contribution is -0.384. The maximum absolute atomic E-state index is 10.9. The molecule has 0 saturated heterocycles. The first-order chi connectivity index (χ1) is 8.58. The van der Waals surface area contributed by atoms with Crippen molar-refractivity contribution in [2.45, 2.75) is 6.42 Å². The van der Waals surface area contributed by atoms with Crippen molar-refractivity contribution in [2.24, 2.45) is 0 Å². The molecule has 6 heteroatoms. The summed E-state index contributed by atoms with van der Waals surface area (Å²) in [4.78, 5) is 21.0. The van der Waals surface area contributed by atoms with E-state index < -0.39 is 4.92 Å². The molecule has 0 fully saturated rings. The van der Waals surface area contributed by atoms with E-state index in [2.05, 4.69) is 4.74 Å². The molecule has 0 aliphatic carbocycles. The SMILES string of the molecule is COC(=O)CC=Cc1ccc([N+](=O)[O-])cc1OC. The van der Waals surface area contributed by atoms with Gasteiger partial charge < -0.3 is 9.47 Å². The minimum Gasteiger partial charge on any atom is -0.496 e. The molecule has 1 rings (SSSR count). The number of benzene rings is 1. The van der Waals surface area contributed by atoms with Gasteiger partial charge in [-0.2, -0.15) is 0 Å². The molecular formula is C12H13NO5. The van der Waals surface area contributed by atoms with Gasteiger partial charge in [-0.05, 0) is 6.07 Å². The summed E-state index contributed by atoms with van der Waals surface area (Å²) in [7, 11) is 2.74. The number of methoxy groups -OCH3 is 2. The van der Waals surface area contributed by atoms with E-state index >= 15 is 0 Å². The number of nitro benzene ring substituents is 1. The van der Waals surface area contributed by atoms with Crippen molar-refractivity contribution in [1.29, 1.82) is 0 Å². The zero-order valence-electron chi connectivity index (χ0n) is 10.1. The predicted molar refractivity (Wildman–Crippen MR) is 65.3 cm³/mol. The van der Waals surface area contributed by atoms with Gasteiger partial charge in [0, 0.05) is 11.6 Å². The Morgan fingerprint density at radius 2 is 2.17 bits per heavy atom. The number of hydrogen-bond acceptors (Lipinski definition) is 5. The van der Waals surface area contributed by atoms with Crippen LogP contribution in [-0.2, 0) is 9.53 Å². The lowest BCUT2D eigenvalue weighted by Gasteiger charge is -2.04. The van der Waals surface area contributed by atoms with Gasteiger partial charge in [0.15, 0.2) is 0 Å². The molecule has 1 aromatic rings. The van der Waals surface area contributed by atoms with Crippen molar-refractivity contribution >= 4 is 17.7 Å². The van der Waals surface area contributed by atoms with E-state index in [4.69, 9.17) is 4.74 Å². The normalized spacial score (nSPS) is 10.3. The van der Waals surface area contributed by atoms with Crippen LogP contribution in [0.5, 0.6) is 5.75 Å². The van der Waals surface area contributed by atoms with Gasteiger partial charge >= 0.3 is 5.97 Å². The van der Waals surface area contributed by atoms with E-state index in [0.29, 0.717) is 11.3 Å². The van der Waals surface area contributed by atoms with Crippen LogP contribution in [-0.4, -0.2) is 25.1 Å². The summed E-state index contributed by atoms with van der Waals surface area (Å²) in [6.45, 7) is 0. The van der Waals surface area contributed by atoms with Crippen LogP contribution in [0.15, 0.2) is 24.3 Å². The summed E-state index contributed by atoms with van der Waals surface area (Å²) < 4.78 is 9.53. The van der Waals surface area contributed by atoms with Crippen LogP contribution in [0.2, 0.25) is 0 Å². The van der Waals surface area contributed by atoms with Crippen LogP contribution in [0.3, 0.4) is 0 Å². The molecule has 0 aromatic heterocycles. The topological polar surface area (TPSA) is 78.7 Å². The second kappa shape index (κ2) is 6.39. The van der Waals surface area contributed by atoms with Crippen LogP contribution < -0.4 is 4.74 Å². The molecule has 0 heterocycles. The number of esters is 1. The molecule has 0 amide bonds. The molecular weight excluding hydrogens is 238 g/mol. The minimum atomic E-state index is -0.496. The molecule has 1 aromatic carbocycles. The van der Waals surface area contributed by atoms with Crippen molar-refractivity contribution in [3.8, 4) is 5.75 Å². The third-order valence-corrected chi connectivity index (χ3v) is 2.24. The first-order valence-electron chi connectivity index (χ1n) is 5.14. The molecule has 0 N–H and O–H groups in total. The van der Waals surface area contributed by atoms with Gasteiger partial charge in [-0.3, -0.25) is 14.9 Å². The molecule has 0 aliphatic rings. The Labute approximate surface area is 104 Å². The van der Waals surface area contributed by atoms with E-state index in [0.717, 1.165) is 0 Å². The van der Waals surface area contributed by atoms with Crippen LogP contribution >= 0.6 is 0 Å². The van der Waals surface area contributed by atoms with Crippen LogP contribution in [0.1, 0.15) is 12.0 Å². The molecule has 18 heavy (non-hydrogen) atoms. The number of hydrogen-bond donors (Lipinski definition) is 0. The molecule has 0 atom stereocenters. The average Bonchev–Trinajstić information content (AvgIpc) is 2.38. The van der Waals surface area contributed by atoms with E-state index in [9.17, 15) is 14.9 Å². The highest BCUT2D eigenvalue weighted by molar-refractivity contribution is 5.73. The number of nitro groups is 1. The van der Waals surface area contributed by atoms with Gasteiger partial charge in [0.05, 0.1) is 31.6 Å². The maximum Gasteiger partial charge on any atom is 0.309 e. The summed E-state index contributed by atoms with van der Waals surface area (Å²) in [6.07, 6.45) is 3.39. The number of nitrogens with zero attached hydrogens (tertiary/aromatic N) is 1. The predicted octanol–water partition coefficient (Wildman–Crippen LogP) is 2.18. The van der Waals surface area contributed by atoms with Gasteiger partial charge in [0.25, 0.3) is 5.69 Å². The van der Waals surface area contributed by atoms with E-state index in [1.807, 2.05) is 0 Å². The zero-order valence-corrected chi connectivity index (χ0v) is 10.1. The lowest BCUT2D eigenvalue weighted by atomic mass is 10.1. The van der Waals surface area contributed by atoms with E-state index in [1.165, 1.54) is 26.4 Å². The number of non-ortho nitro benzene ring substituents is 1. The van der Waals surface area contributed by atoms with E-state index in [1.54, 1.807) is 18.2 Å². The van der Waals surface area contributed by atoms with Crippen molar-refractivity contribution in [1.82, 2.24) is 0 Å². The molecule has 0 bridgehead atoms. The molecule has 0 radical (unpaired) electrons. The summed E-state index contributed by atoms with van der Waals surface area (Å²) in [5.74, 6) is 0.0254. The van der Waals surface area contributed by atoms with Gasteiger partial charge in [0.1, 0.15) is 5.75 Å². The summed E-state index contributed by atoms with van der Waals surface area (Å²) in [5.41, 5.74) is 0.615. The van der Waals surface area contributed by atoms with Crippen molar-refractivity contribution in [2.75, 3.05) is 14.2 Å². The summed E-state index contributed by atoms with van der Waals surface area (Å²) in [6, 6.07) is 4.27. The fraction of sp³-hybridized carbons (Fsp3) is 0.250. The number of rotatable bonds is 5. The quantitative estimate of drug-likeness (QED) is 0.455. The third kappa shape index (κ3) is 3.58. The highest BCUT2D eigenvalue weighted by Crippen LogP contribution is 2.25. The molecule has 0 unspecified atom stereocenters. The number of ether oxygens (including phenoxy) is 2. The number of carbonyl (C=O) groups is 1. The highest BCUT2D eigenvalue weighted by Gasteiger charge is 2.09. The van der Waals surface area contributed by atoms with Crippen LogP contribution in [0.25, 0.3) is 6.08 Å².